The van der Waals surface area contributed by atoms with Crippen molar-refractivity contribution < 1.29 is 27.8 Å². The third-order valence-corrected chi connectivity index (χ3v) is 2.03. The van der Waals surface area contributed by atoms with Crippen LogP contribution in [-0.4, -0.2) is 17.7 Å². The quantitative estimate of drug-likeness (QED) is 0.828. The number of carbonyl (C=O) groups is 1. The van der Waals surface area contributed by atoms with E-state index < -0.39 is 34.6 Å². The number of alkyl halides is 3. The normalized spacial score (nSPS) is 10.8. The van der Waals surface area contributed by atoms with Gasteiger partial charge in [-0.05, 0) is 19.1 Å². The van der Waals surface area contributed by atoms with Gasteiger partial charge in [0.1, 0.15) is 11.8 Å². The molecule has 1 rings (SSSR count). The number of aromatic hydroxyl groups is 1. The Balaban J connectivity index is 3.54. The van der Waals surface area contributed by atoms with Crippen molar-refractivity contribution in [3.05, 3.63) is 28.8 Å². The van der Waals surface area contributed by atoms with Gasteiger partial charge >= 0.3 is 12.1 Å². The van der Waals surface area contributed by atoms with Crippen molar-refractivity contribution in [2.45, 2.75) is 13.1 Å². The van der Waals surface area contributed by atoms with Gasteiger partial charge in [0, 0.05) is 0 Å². The Bertz CT molecular complexity index is 517. The minimum atomic E-state index is -4.87. The molecule has 0 aromatic heterocycles. The SMILES string of the molecule is CCOC(=O)c1c(C#N)cc(O)cc1C(F)(F)F. The standard InChI is InChI=1S/C11H8F3NO3/c1-2-18-10(17)9-6(5-15)3-7(16)4-8(9)11(12,13)14/h3-4,16H,2H2,1H3. The Morgan fingerprint density at radius 3 is 2.56 bits per heavy atom. The first-order valence-corrected chi connectivity index (χ1v) is 4.82. The van der Waals surface area contributed by atoms with Gasteiger partial charge in [-0.1, -0.05) is 0 Å². The predicted molar refractivity (Wildman–Crippen MR) is 53.8 cm³/mol. The van der Waals surface area contributed by atoms with Crippen LogP contribution in [0.15, 0.2) is 12.1 Å². The summed E-state index contributed by atoms with van der Waals surface area (Å²) in [6, 6.07) is 2.59. The summed E-state index contributed by atoms with van der Waals surface area (Å²) in [7, 11) is 0. The Labute approximate surface area is 100 Å². The van der Waals surface area contributed by atoms with E-state index in [2.05, 4.69) is 4.74 Å². The van der Waals surface area contributed by atoms with Crippen molar-refractivity contribution in [1.29, 1.82) is 5.26 Å². The number of nitrogens with zero attached hydrogens (tertiary/aromatic N) is 1. The monoisotopic (exact) mass is 259 g/mol. The topological polar surface area (TPSA) is 70.3 Å². The van der Waals surface area contributed by atoms with E-state index in [1.54, 1.807) is 0 Å². The number of phenols is 1. The molecule has 0 atom stereocenters. The van der Waals surface area contributed by atoms with Crippen LogP contribution in [0.3, 0.4) is 0 Å². The molecule has 7 heteroatoms. The highest BCUT2D eigenvalue weighted by Crippen LogP contribution is 2.36. The molecule has 0 aliphatic rings. The lowest BCUT2D eigenvalue weighted by Crippen LogP contribution is -2.17. The summed E-state index contributed by atoms with van der Waals surface area (Å²) >= 11 is 0. The highest BCUT2D eigenvalue weighted by Gasteiger charge is 2.38. The summed E-state index contributed by atoms with van der Waals surface area (Å²) in [5, 5.41) is 17.8. The first kappa shape index (κ1) is 13.8. The molecule has 18 heavy (non-hydrogen) atoms. The van der Waals surface area contributed by atoms with Crippen LogP contribution in [0.1, 0.15) is 28.4 Å². The molecular weight excluding hydrogens is 251 g/mol. The molecule has 0 radical (unpaired) electrons. The van der Waals surface area contributed by atoms with Gasteiger partial charge in [-0.15, -0.1) is 0 Å². The molecule has 96 valence electrons. The van der Waals surface area contributed by atoms with Gasteiger partial charge in [-0.3, -0.25) is 0 Å². The van der Waals surface area contributed by atoms with Crippen molar-refractivity contribution in [2.24, 2.45) is 0 Å². The molecule has 0 saturated carbocycles. The maximum atomic E-state index is 12.7. The molecule has 0 spiro atoms. The van der Waals surface area contributed by atoms with Crippen LogP contribution >= 0.6 is 0 Å². The van der Waals surface area contributed by atoms with Crippen molar-refractivity contribution in [3.63, 3.8) is 0 Å². The Morgan fingerprint density at radius 1 is 1.50 bits per heavy atom. The minimum Gasteiger partial charge on any atom is -0.508 e. The molecular formula is C11H8F3NO3. The molecule has 1 aromatic carbocycles. The zero-order valence-electron chi connectivity index (χ0n) is 9.21. The summed E-state index contributed by atoms with van der Waals surface area (Å²) in [6.07, 6.45) is -4.87. The number of halogens is 3. The van der Waals surface area contributed by atoms with Crippen LogP contribution in [0, 0.1) is 11.3 Å². The number of hydrogen-bond donors (Lipinski definition) is 1. The number of carbonyl (C=O) groups excluding carboxylic acids is 1. The summed E-state index contributed by atoms with van der Waals surface area (Å²) in [5.74, 6) is -1.99. The molecule has 0 saturated heterocycles. The number of rotatable bonds is 2. The van der Waals surface area contributed by atoms with Gasteiger partial charge in [-0.25, -0.2) is 4.79 Å². The van der Waals surface area contributed by atoms with E-state index in [1.807, 2.05) is 0 Å². The highest BCUT2D eigenvalue weighted by atomic mass is 19.4. The maximum Gasteiger partial charge on any atom is 0.417 e. The lowest BCUT2D eigenvalue weighted by Gasteiger charge is -2.13. The second-order valence-electron chi connectivity index (χ2n) is 3.25. The Hall–Kier alpha value is -2.23. The van der Waals surface area contributed by atoms with E-state index in [-0.39, 0.29) is 6.61 Å². The van der Waals surface area contributed by atoms with Crippen LogP contribution < -0.4 is 0 Å². The zero-order chi connectivity index (χ0) is 13.9. The molecule has 1 N–H and O–H groups in total. The zero-order valence-corrected chi connectivity index (χ0v) is 9.21. The summed E-state index contributed by atoms with van der Waals surface area (Å²) in [4.78, 5) is 11.4. The van der Waals surface area contributed by atoms with E-state index >= 15 is 0 Å². The van der Waals surface area contributed by atoms with Gasteiger partial charge in [0.05, 0.1) is 23.3 Å². The largest absolute Gasteiger partial charge is 0.508 e. The lowest BCUT2D eigenvalue weighted by atomic mass is 10.0. The van der Waals surface area contributed by atoms with E-state index in [9.17, 15) is 18.0 Å². The van der Waals surface area contributed by atoms with Gasteiger partial charge in [0.2, 0.25) is 0 Å². The van der Waals surface area contributed by atoms with Crippen molar-refractivity contribution in [3.8, 4) is 11.8 Å². The number of ether oxygens (including phenoxy) is 1. The van der Waals surface area contributed by atoms with Crippen LogP contribution in [-0.2, 0) is 10.9 Å². The molecule has 1 aromatic rings. The molecule has 0 aliphatic carbocycles. The number of hydrogen-bond acceptors (Lipinski definition) is 4. The van der Waals surface area contributed by atoms with Crippen LogP contribution in [0.25, 0.3) is 0 Å². The Kier molecular flexibility index (Phi) is 3.81. The van der Waals surface area contributed by atoms with Gasteiger partial charge in [0.25, 0.3) is 0 Å². The number of esters is 1. The van der Waals surface area contributed by atoms with E-state index in [0.29, 0.717) is 6.07 Å². The molecule has 0 amide bonds. The second-order valence-corrected chi connectivity index (χ2v) is 3.25. The molecule has 0 heterocycles. The predicted octanol–water partition coefficient (Wildman–Crippen LogP) is 2.46. The molecule has 0 fully saturated rings. The fraction of sp³-hybridized carbons (Fsp3) is 0.273. The fourth-order valence-electron chi connectivity index (χ4n) is 1.36. The average Bonchev–Trinajstić information content (AvgIpc) is 2.26. The number of benzene rings is 1. The average molecular weight is 259 g/mol. The van der Waals surface area contributed by atoms with Crippen molar-refractivity contribution in [1.82, 2.24) is 0 Å². The van der Waals surface area contributed by atoms with E-state index in [4.69, 9.17) is 10.4 Å². The first-order valence-electron chi connectivity index (χ1n) is 4.82. The second kappa shape index (κ2) is 4.96. The van der Waals surface area contributed by atoms with E-state index in [1.165, 1.54) is 13.0 Å². The van der Waals surface area contributed by atoms with Crippen molar-refractivity contribution >= 4 is 5.97 Å². The van der Waals surface area contributed by atoms with Gasteiger partial charge in [0.15, 0.2) is 0 Å². The van der Waals surface area contributed by atoms with Crippen LogP contribution in [0.5, 0.6) is 5.75 Å². The van der Waals surface area contributed by atoms with Crippen molar-refractivity contribution in [2.75, 3.05) is 6.61 Å². The fourth-order valence-corrected chi connectivity index (χ4v) is 1.36. The third kappa shape index (κ3) is 2.71. The maximum absolute atomic E-state index is 12.7. The van der Waals surface area contributed by atoms with Gasteiger partial charge in [-0.2, -0.15) is 18.4 Å². The van der Waals surface area contributed by atoms with Crippen LogP contribution in [0.2, 0.25) is 0 Å². The minimum absolute atomic E-state index is 0.123. The summed E-state index contributed by atoms with van der Waals surface area (Å²) in [5.41, 5.74) is -2.86. The molecule has 0 aliphatic heterocycles. The number of phenolic OH excluding ortho intramolecular Hbond substituents is 1. The highest BCUT2D eigenvalue weighted by molar-refractivity contribution is 5.94. The molecule has 0 unspecified atom stereocenters. The summed E-state index contributed by atoms with van der Waals surface area (Å²) in [6.45, 7) is 1.31. The van der Waals surface area contributed by atoms with Crippen LogP contribution in [0.4, 0.5) is 13.2 Å². The van der Waals surface area contributed by atoms with Gasteiger partial charge < -0.3 is 9.84 Å². The lowest BCUT2D eigenvalue weighted by molar-refractivity contribution is -0.138. The third-order valence-electron chi connectivity index (χ3n) is 2.03. The van der Waals surface area contributed by atoms with E-state index in [0.717, 1.165) is 6.07 Å². The smallest absolute Gasteiger partial charge is 0.417 e. The Morgan fingerprint density at radius 2 is 2.11 bits per heavy atom. The molecule has 0 bridgehead atoms. The first-order chi connectivity index (χ1) is 8.31. The molecule has 4 nitrogen and oxygen atoms in total. The number of nitriles is 1. The summed E-state index contributed by atoms with van der Waals surface area (Å²) < 4.78 is 42.6.